The highest BCUT2D eigenvalue weighted by molar-refractivity contribution is 5.91. The van der Waals surface area contributed by atoms with Crippen LogP contribution in [0, 0.1) is 0 Å². The van der Waals surface area contributed by atoms with Gasteiger partial charge in [-0.15, -0.1) is 0 Å². The van der Waals surface area contributed by atoms with E-state index in [0.29, 0.717) is 29.7 Å². The fraction of sp³-hybridized carbons (Fsp3) is 0.636. The Bertz CT molecular complexity index is 285. The third-order valence-electron chi connectivity index (χ3n) is 2.31. The van der Waals surface area contributed by atoms with Crippen LogP contribution in [0.2, 0.25) is 0 Å². The van der Waals surface area contributed by atoms with Crippen molar-refractivity contribution in [3.63, 3.8) is 0 Å². The number of rotatable bonds is 7. The molecule has 0 aliphatic heterocycles. The van der Waals surface area contributed by atoms with Gasteiger partial charge in [-0.3, -0.25) is 4.79 Å². The van der Waals surface area contributed by atoms with Crippen LogP contribution >= 0.6 is 0 Å². The molecule has 0 spiro atoms. The second-order valence-corrected chi connectivity index (χ2v) is 4.54. The first kappa shape index (κ1) is 14.6. The summed E-state index contributed by atoms with van der Waals surface area (Å²) in [4.78, 5) is 21.5. The Labute approximate surface area is 96.3 Å². The molecule has 16 heavy (non-hydrogen) atoms. The molecule has 5 heteroatoms. The van der Waals surface area contributed by atoms with Crippen molar-refractivity contribution >= 4 is 11.9 Å². The van der Waals surface area contributed by atoms with E-state index in [9.17, 15) is 14.7 Å². The molecule has 0 aromatic carbocycles. The van der Waals surface area contributed by atoms with E-state index in [1.165, 1.54) is 0 Å². The number of carboxylic acid groups (broad SMARTS) is 1. The van der Waals surface area contributed by atoms with Gasteiger partial charge < -0.3 is 19.7 Å². The average Bonchev–Trinajstić information content (AvgIpc) is 2.14. The molecule has 0 radical (unpaired) electrons. The summed E-state index contributed by atoms with van der Waals surface area (Å²) in [5.41, 5.74) is 0.472. The number of hydrogen-bond donors (Lipinski definition) is 1. The predicted octanol–water partition coefficient (Wildman–Crippen LogP) is -1.10. The van der Waals surface area contributed by atoms with Crippen LogP contribution in [0.15, 0.2) is 12.2 Å². The molecule has 0 fully saturated rings. The lowest BCUT2D eigenvalue weighted by atomic mass is 10.3. The summed E-state index contributed by atoms with van der Waals surface area (Å²) in [7, 11) is 3.83. The second kappa shape index (κ2) is 6.27. The monoisotopic (exact) mass is 228 g/mol. The third kappa shape index (κ3) is 7.00. The number of nitrogens with one attached hydrogen (secondary N) is 1. The highest BCUT2D eigenvalue weighted by Crippen LogP contribution is 1.97. The van der Waals surface area contributed by atoms with Crippen LogP contribution in [0.4, 0.5) is 0 Å². The Hall–Kier alpha value is -1.36. The molecule has 0 atom stereocenters. The molecule has 0 aromatic rings. The topological polar surface area (TPSA) is 69.2 Å². The molecule has 92 valence electrons. The van der Waals surface area contributed by atoms with Gasteiger partial charge in [-0.05, 0) is 6.92 Å². The molecule has 0 aliphatic carbocycles. The van der Waals surface area contributed by atoms with Gasteiger partial charge in [0.2, 0.25) is 5.91 Å². The van der Waals surface area contributed by atoms with Crippen molar-refractivity contribution in [2.75, 3.05) is 33.7 Å². The second-order valence-electron chi connectivity index (χ2n) is 4.54. The maximum Gasteiger partial charge on any atom is 0.246 e. The number of carbonyl (C=O) groups excluding carboxylic acids is 2. The zero-order valence-electron chi connectivity index (χ0n) is 10.2. The van der Waals surface area contributed by atoms with E-state index >= 15 is 0 Å². The SMILES string of the molecule is C=C(C)C(=O)NCC[N+](C)(C)CCC(=O)[O-]. The van der Waals surface area contributed by atoms with E-state index in [-0.39, 0.29) is 12.3 Å². The van der Waals surface area contributed by atoms with Crippen molar-refractivity contribution in [1.82, 2.24) is 5.32 Å². The number of aliphatic carboxylic acids is 1. The van der Waals surface area contributed by atoms with Crippen LogP contribution in [0.5, 0.6) is 0 Å². The summed E-state index contributed by atoms with van der Waals surface area (Å²) in [5, 5.41) is 13.0. The number of nitrogens with zero attached hydrogens (tertiary/aromatic N) is 1. The highest BCUT2D eigenvalue weighted by atomic mass is 16.4. The first-order valence-corrected chi connectivity index (χ1v) is 5.20. The van der Waals surface area contributed by atoms with Crippen molar-refractivity contribution in [1.29, 1.82) is 0 Å². The molecule has 1 N–H and O–H groups in total. The van der Waals surface area contributed by atoms with E-state index in [2.05, 4.69) is 11.9 Å². The number of hydrogen-bond acceptors (Lipinski definition) is 3. The Kier molecular flexibility index (Phi) is 5.74. The minimum atomic E-state index is -1.04. The molecular formula is C11H20N2O3. The van der Waals surface area contributed by atoms with E-state index in [4.69, 9.17) is 0 Å². The molecule has 0 aliphatic rings. The first-order chi connectivity index (χ1) is 7.24. The third-order valence-corrected chi connectivity index (χ3v) is 2.31. The van der Waals surface area contributed by atoms with Gasteiger partial charge >= 0.3 is 0 Å². The maximum absolute atomic E-state index is 11.2. The Balaban J connectivity index is 3.86. The number of likely N-dealkylation sites (N-methyl/N-ethyl adjacent to an activating group) is 1. The maximum atomic E-state index is 11.2. The number of carboxylic acids is 1. The van der Waals surface area contributed by atoms with E-state index in [0.717, 1.165) is 0 Å². The van der Waals surface area contributed by atoms with Crippen LogP contribution in [0.1, 0.15) is 13.3 Å². The molecule has 0 unspecified atom stereocenters. The van der Waals surface area contributed by atoms with E-state index in [1.54, 1.807) is 6.92 Å². The van der Waals surface area contributed by atoms with Gasteiger partial charge in [0.1, 0.15) is 0 Å². The summed E-state index contributed by atoms with van der Waals surface area (Å²) in [6.45, 7) is 6.84. The van der Waals surface area contributed by atoms with Crippen molar-refractivity contribution < 1.29 is 19.2 Å². The van der Waals surface area contributed by atoms with Gasteiger partial charge in [0.25, 0.3) is 0 Å². The Morgan fingerprint density at radius 2 is 1.88 bits per heavy atom. The van der Waals surface area contributed by atoms with Gasteiger partial charge in [0, 0.05) is 18.0 Å². The molecule has 0 aromatic heterocycles. The highest BCUT2D eigenvalue weighted by Gasteiger charge is 2.14. The lowest BCUT2D eigenvalue weighted by molar-refractivity contribution is -0.888. The van der Waals surface area contributed by atoms with Crippen LogP contribution in [-0.2, 0) is 9.59 Å². The van der Waals surface area contributed by atoms with Crippen molar-refractivity contribution in [2.24, 2.45) is 0 Å². The lowest BCUT2D eigenvalue weighted by Crippen LogP contribution is -2.47. The largest absolute Gasteiger partial charge is 0.550 e. The fourth-order valence-corrected chi connectivity index (χ4v) is 1.13. The number of amides is 1. The fourth-order valence-electron chi connectivity index (χ4n) is 1.13. The molecule has 5 nitrogen and oxygen atoms in total. The number of carbonyl (C=O) groups is 2. The van der Waals surface area contributed by atoms with Gasteiger partial charge in [0.15, 0.2) is 0 Å². The van der Waals surface area contributed by atoms with Gasteiger partial charge in [-0.2, -0.15) is 0 Å². The van der Waals surface area contributed by atoms with Gasteiger partial charge in [0.05, 0.1) is 33.7 Å². The predicted molar refractivity (Wildman–Crippen MR) is 59.3 cm³/mol. The minimum Gasteiger partial charge on any atom is -0.550 e. The van der Waals surface area contributed by atoms with Crippen LogP contribution in [0.25, 0.3) is 0 Å². The smallest absolute Gasteiger partial charge is 0.246 e. The summed E-state index contributed by atoms with van der Waals surface area (Å²) in [5.74, 6) is -1.21. The molecular weight excluding hydrogens is 208 g/mol. The normalized spacial score (nSPS) is 10.9. The van der Waals surface area contributed by atoms with Crippen LogP contribution in [0.3, 0.4) is 0 Å². The van der Waals surface area contributed by atoms with Crippen LogP contribution < -0.4 is 10.4 Å². The minimum absolute atomic E-state index is 0.0292. The Morgan fingerprint density at radius 3 is 2.31 bits per heavy atom. The number of quaternary nitrogens is 1. The molecule has 0 saturated heterocycles. The average molecular weight is 228 g/mol. The zero-order valence-corrected chi connectivity index (χ0v) is 10.2. The van der Waals surface area contributed by atoms with Gasteiger partial charge in [-0.25, -0.2) is 0 Å². The van der Waals surface area contributed by atoms with E-state index in [1.807, 2.05) is 14.1 Å². The first-order valence-electron chi connectivity index (χ1n) is 5.20. The van der Waals surface area contributed by atoms with Crippen molar-refractivity contribution in [3.05, 3.63) is 12.2 Å². The van der Waals surface area contributed by atoms with Crippen molar-refractivity contribution in [2.45, 2.75) is 13.3 Å². The molecule has 0 saturated carbocycles. The standard InChI is InChI=1S/C11H20N2O3/c1-9(2)11(16)12-6-8-13(3,4)7-5-10(14)15/h1,5-8H2,2-4H3,(H-,12,14,15,16). The zero-order chi connectivity index (χ0) is 12.8. The molecule has 1 amide bonds. The van der Waals surface area contributed by atoms with Crippen LogP contribution in [-0.4, -0.2) is 50.1 Å². The quantitative estimate of drug-likeness (QED) is 0.444. The summed E-state index contributed by atoms with van der Waals surface area (Å²) >= 11 is 0. The lowest BCUT2D eigenvalue weighted by Gasteiger charge is -2.30. The Morgan fingerprint density at radius 1 is 1.31 bits per heavy atom. The molecule has 0 heterocycles. The molecule has 0 bridgehead atoms. The summed E-state index contributed by atoms with van der Waals surface area (Å²) in [6.07, 6.45) is 0.0292. The molecule has 0 rings (SSSR count). The van der Waals surface area contributed by atoms with E-state index < -0.39 is 5.97 Å². The summed E-state index contributed by atoms with van der Waals surface area (Å²) < 4.78 is 0.532. The summed E-state index contributed by atoms with van der Waals surface area (Å²) in [6, 6.07) is 0. The van der Waals surface area contributed by atoms with Gasteiger partial charge in [-0.1, -0.05) is 6.58 Å². The van der Waals surface area contributed by atoms with Crippen molar-refractivity contribution in [3.8, 4) is 0 Å².